The molecule has 2 aromatic rings. The molecule has 1 N–H and O–H groups in total. The fraction of sp³-hybridized carbons (Fsp3) is 0.471. The van der Waals surface area contributed by atoms with Gasteiger partial charge in [0.15, 0.2) is 0 Å². The van der Waals surface area contributed by atoms with Crippen molar-refractivity contribution in [3.8, 4) is 5.75 Å². The topological polar surface area (TPSA) is 93.7 Å². The highest BCUT2D eigenvalue weighted by molar-refractivity contribution is 5.36. The van der Waals surface area contributed by atoms with Crippen LogP contribution in [0.3, 0.4) is 0 Å². The van der Waals surface area contributed by atoms with Crippen molar-refractivity contribution in [2.75, 3.05) is 20.2 Å². The zero-order chi connectivity index (χ0) is 17.8. The quantitative estimate of drug-likeness (QED) is 0.609. The maximum absolute atomic E-state index is 10.7. The van der Waals surface area contributed by atoms with Crippen LogP contribution in [-0.4, -0.2) is 51.0 Å². The van der Waals surface area contributed by atoms with Crippen molar-refractivity contribution in [2.45, 2.75) is 31.5 Å². The van der Waals surface area contributed by atoms with Crippen LogP contribution in [0.25, 0.3) is 0 Å². The molecule has 8 nitrogen and oxygen atoms in total. The smallest absolute Gasteiger partial charge is 0.306 e. The van der Waals surface area contributed by atoms with Gasteiger partial charge in [-0.1, -0.05) is 18.2 Å². The van der Waals surface area contributed by atoms with Gasteiger partial charge in [-0.25, -0.2) is 0 Å². The van der Waals surface area contributed by atoms with Gasteiger partial charge in [0, 0.05) is 18.2 Å². The van der Waals surface area contributed by atoms with Gasteiger partial charge in [0.25, 0.3) is 0 Å². The molecule has 1 aromatic carbocycles. The van der Waals surface area contributed by atoms with E-state index in [2.05, 4.69) is 16.1 Å². The molecule has 0 saturated carbocycles. The Labute approximate surface area is 145 Å². The number of hydrogen-bond acceptors (Lipinski definition) is 6. The summed E-state index contributed by atoms with van der Waals surface area (Å²) >= 11 is 0. The molecule has 1 saturated heterocycles. The zero-order valence-electron chi connectivity index (χ0n) is 14.1. The van der Waals surface area contributed by atoms with Gasteiger partial charge in [0.2, 0.25) is 0 Å². The molecule has 25 heavy (non-hydrogen) atoms. The molecule has 1 aromatic heterocycles. The van der Waals surface area contributed by atoms with Gasteiger partial charge in [-0.15, -0.1) is 0 Å². The minimum Gasteiger partial charge on any atom is -0.496 e. The predicted octanol–water partition coefficient (Wildman–Crippen LogP) is 2.00. The Morgan fingerprint density at radius 1 is 1.44 bits per heavy atom. The molecule has 0 spiro atoms. The summed E-state index contributed by atoms with van der Waals surface area (Å²) < 4.78 is 6.88. The summed E-state index contributed by atoms with van der Waals surface area (Å²) in [5.74, 6) is 0.858. The third-order valence-electron chi connectivity index (χ3n) is 4.54. The van der Waals surface area contributed by atoms with Crippen molar-refractivity contribution in [3.05, 3.63) is 52.3 Å². The summed E-state index contributed by atoms with van der Waals surface area (Å²) in [6, 6.07) is 8.16. The van der Waals surface area contributed by atoms with Gasteiger partial charge in [-0.05, 0) is 25.5 Å². The molecule has 134 valence electrons. The largest absolute Gasteiger partial charge is 0.496 e. The van der Waals surface area contributed by atoms with Crippen LogP contribution < -0.4 is 4.74 Å². The van der Waals surface area contributed by atoms with E-state index >= 15 is 0 Å². The third-order valence-corrected chi connectivity index (χ3v) is 4.54. The summed E-state index contributed by atoms with van der Waals surface area (Å²) in [4.78, 5) is 12.5. The Balaban J connectivity index is 1.65. The molecule has 0 aliphatic carbocycles. The summed E-state index contributed by atoms with van der Waals surface area (Å²) in [7, 11) is 1.66. The van der Waals surface area contributed by atoms with E-state index in [-0.39, 0.29) is 18.3 Å². The first-order valence-electron chi connectivity index (χ1n) is 8.30. The van der Waals surface area contributed by atoms with Crippen molar-refractivity contribution in [3.63, 3.8) is 0 Å². The maximum Gasteiger partial charge on any atom is 0.306 e. The Hall–Kier alpha value is -2.45. The Kier molecular flexibility index (Phi) is 5.30. The maximum atomic E-state index is 10.7. The number of aromatic nitrogens is 2. The van der Waals surface area contributed by atoms with Crippen LogP contribution in [0, 0.1) is 10.1 Å². The monoisotopic (exact) mass is 346 g/mol. The fourth-order valence-electron chi connectivity index (χ4n) is 3.43. The highest BCUT2D eigenvalue weighted by atomic mass is 16.6. The SMILES string of the molecule is COc1ccccc1C1CCCN1CC(O)Cn1cc([N+](=O)[O-])cn1. The number of para-hydroxylation sites is 1. The highest BCUT2D eigenvalue weighted by Crippen LogP contribution is 2.36. The third kappa shape index (κ3) is 3.97. The van der Waals surface area contributed by atoms with E-state index in [9.17, 15) is 15.2 Å². The number of nitro groups is 1. The first kappa shape index (κ1) is 17.4. The average molecular weight is 346 g/mol. The van der Waals surface area contributed by atoms with Gasteiger partial charge in [0.1, 0.15) is 18.1 Å². The number of aliphatic hydroxyl groups excluding tert-OH is 1. The number of hydrogen-bond donors (Lipinski definition) is 1. The van der Waals surface area contributed by atoms with Gasteiger partial charge in [0.05, 0.1) is 24.7 Å². The van der Waals surface area contributed by atoms with Crippen molar-refractivity contribution in [1.82, 2.24) is 14.7 Å². The molecule has 8 heteroatoms. The zero-order valence-corrected chi connectivity index (χ0v) is 14.1. The number of nitrogens with zero attached hydrogens (tertiary/aromatic N) is 4. The Bertz CT molecular complexity index is 733. The van der Waals surface area contributed by atoms with E-state index in [0.717, 1.165) is 30.7 Å². The average Bonchev–Trinajstić information content (AvgIpc) is 3.24. The summed E-state index contributed by atoms with van der Waals surface area (Å²) in [6.45, 7) is 1.61. The van der Waals surface area contributed by atoms with Crippen molar-refractivity contribution >= 4 is 5.69 Å². The van der Waals surface area contributed by atoms with E-state index in [1.807, 2.05) is 18.2 Å². The molecule has 1 aliphatic rings. The predicted molar refractivity (Wildman–Crippen MR) is 91.4 cm³/mol. The molecule has 1 fully saturated rings. The first-order chi connectivity index (χ1) is 12.1. The number of benzene rings is 1. The minimum absolute atomic E-state index is 0.0692. The van der Waals surface area contributed by atoms with Gasteiger partial charge in [-0.3, -0.25) is 19.7 Å². The van der Waals surface area contributed by atoms with Crippen LogP contribution in [0.2, 0.25) is 0 Å². The standard InChI is InChI=1S/C17H22N4O4/c1-25-17-7-3-2-5-15(17)16-6-4-8-19(16)11-14(22)12-20-10-13(9-18-20)21(23)24/h2-3,5,7,9-10,14,16,22H,4,6,8,11-12H2,1H3. The minimum atomic E-state index is -0.658. The molecule has 2 heterocycles. The second-order valence-electron chi connectivity index (χ2n) is 6.23. The molecule has 1 aliphatic heterocycles. The van der Waals surface area contributed by atoms with Crippen LogP contribution >= 0.6 is 0 Å². The normalized spacial score (nSPS) is 19.0. The molecule has 0 amide bonds. The van der Waals surface area contributed by atoms with Crippen molar-refractivity contribution < 1.29 is 14.8 Å². The lowest BCUT2D eigenvalue weighted by Gasteiger charge is -2.28. The van der Waals surface area contributed by atoms with Gasteiger partial charge < -0.3 is 9.84 Å². The van der Waals surface area contributed by atoms with Gasteiger partial charge in [-0.2, -0.15) is 5.10 Å². The second-order valence-corrected chi connectivity index (χ2v) is 6.23. The lowest BCUT2D eigenvalue weighted by Crippen LogP contribution is -2.34. The second kappa shape index (κ2) is 7.62. The molecule has 3 rings (SSSR count). The first-order valence-corrected chi connectivity index (χ1v) is 8.30. The van der Waals surface area contributed by atoms with Crippen LogP contribution in [0.5, 0.6) is 5.75 Å². The van der Waals surface area contributed by atoms with E-state index in [4.69, 9.17) is 4.74 Å². The van der Waals surface area contributed by atoms with Crippen LogP contribution in [0.4, 0.5) is 5.69 Å². The molecule has 0 bridgehead atoms. The number of aliphatic hydroxyl groups is 1. The van der Waals surface area contributed by atoms with Crippen LogP contribution in [0.15, 0.2) is 36.7 Å². The summed E-state index contributed by atoms with van der Waals surface area (Å²) in [5.41, 5.74) is 1.06. The fourth-order valence-corrected chi connectivity index (χ4v) is 3.43. The number of ether oxygens (including phenoxy) is 1. The number of β-amino-alcohol motifs (C(OH)–C–C–N with tert-alkyl or cyclic N) is 1. The molecular weight excluding hydrogens is 324 g/mol. The number of likely N-dealkylation sites (tertiary alicyclic amines) is 1. The lowest BCUT2D eigenvalue weighted by atomic mass is 10.0. The lowest BCUT2D eigenvalue weighted by molar-refractivity contribution is -0.385. The molecule has 0 radical (unpaired) electrons. The van der Waals surface area contributed by atoms with E-state index < -0.39 is 11.0 Å². The van der Waals surface area contributed by atoms with Crippen molar-refractivity contribution in [1.29, 1.82) is 0 Å². The van der Waals surface area contributed by atoms with E-state index in [1.54, 1.807) is 7.11 Å². The van der Waals surface area contributed by atoms with Crippen LogP contribution in [0.1, 0.15) is 24.4 Å². The Morgan fingerprint density at radius 3 is 2.96 bits per heavy atom. The molecular formula is C17H22N4O4. The summed E-state index contributed by atoms with van der Waals surface area (Å²) in [5, 5.41) is 25.0. The highest BCUT2D eigenvalue weighted by Gasteiger charge is 2.29. The number of methoxy groups -OCH3 is 1. The van der Waals surface area contributed by atoms with Crippen LogP contribution in [-0.2, 0) is 6.54 Å². The van der Waals surface area contributed by atoms with E-state index in [1.165, 1.54) is 17.1 Å². The number of rotatable bonds is 7. The summed E-state index contributed by atoms with van der Waals surface area (Å²) in [6.07, 6.45) is 3.95. The Morgan fingerprint density at radius 2 is 2.24 bits per heavy atom. The molecule has 2 atom stereocenters. The van der Waals surface area contributed by atoms with Crippen molar-refractivity contribution in [2.24, 2.45) is 0 Å². The van der Waals surface area contributed by atoms with Gasteiger partial charge >= 0.3 is 5.69 Å². The molecule has 2 unspecified atom stereocenters. The van der Waals surface area contributed by atoms with E-state index in [0.29, 0.717) is 6.54 Å².